The fourth-order valence-corrected chi connectivity index (χ4v) is 1.13. The average molecular weight is 247 g/mol. The maximum absolute atomic E-state index is 13.0. The molecule has 0 radical (unpaired) electrons. The summed E-state index contributed by atoms with van der Waals surface area (Å²) in [7, 11) is 1.54. The number of carbonyl (C=O) groups is 1. The molecule has 0 aromatic heterocycles. The minimum atomic E-state index is -0.573. The number of carbonyl (C=O) groups excluding carboxylic acids is 1. The van der Waals surface area contributed by atoms with Gasteiger partial charge in [-0.3, -0.25) is 0 Å². The van der Waals surface area contributed by atoms with E-state index in [1.165, 1.54) is 19.2 Å². The zero-order chi connectivity index (χ0) is 12.0. The highest BCUT2D eigenvalue weighted by atomic mass is 35.5. The molecular formula is C10H12ClFN2O2. The lowest BCUT2D eigenvalue weighted by Crippen LogP contribution is -2.31. The highest BCUT2D eigenvalue weighted by Crippen LogP contribution is 2.18. The molecule has 1 rings (SSSR count). The van der Waals surface area contributed by atoms with Crippen LogP contribution in [0.3, 0.4) is 0 Å². The molecule has 0 heterocycles. The first-order chi connectivity index (χ1) is 7.63. The Hall–Kier alpha value is -1.33. The van der Waals surface area contributed by atoms with Gasteiger partial charge in [0, 0.05) is 19.3 Å². The molecule has 16 heavy (non-hydrogen) atoms. The van der Waals surface area contributed by atoms with Gasteiger partial charge in [-0.1, -0.05) is 11.6 Å². The topological polar surface area (TPSA) is 50.4 Å². The second-order valence-corrected chi connectivity index (χ2v) is 3.41. The van der Waals surface area contributed by atoms with Gasteiger partial charge >= 0.3 is 6.03 Å². The number of urea groups is 1. The molecule has 2 N–H and O–H groups in total. The van der Waals surface area contributed by atoms with Crippen LogP contribution in [0.4, 0.5) is 14.9 Å². The maximum Gasteiger partial charge on any atom is 0.319 e. The molecule has 1 aromatic carbocycles. The third-order valence-electron chi connectivity index (χ3n) is 1.77. The van der Waals surface area contributed by atoms with E-state index in [0.29, 0.717) is 18.8 Å². The van der Waals surface area contributed by atoms with Gasteiger partial charge in [0.05, 0.1) is 11.6 Å². The average Bonchev–Trinajstić information content (AvgIpc) is 2.24. The summed E-state index contributed by atoms with van der Waals surface area (Å²) in [5.41, 5.74) is 0.344. The van der Waals surface area contributed by atoms with E-state index >= 15 is 0 Å². The Morgan fingerprint density at radius 3 is 2.94 bits per heavy atom. The van der Waals surface area contributed by atoms with E-state index in [2.05, 4.69) is 10.6 Å². The smallest absolute Gasteiger partial charge is 0.319 e. The SMILES string of the molecule is COCCNC(=O)Nc1ccc(Cl)c(F)c1. The fraction of sp³-hybridized carbons (Fsp3) is 0.300. The van der Waals surface area contributed by atoms with Crippen LogP contribution in [0.5, 0.6) is 0 Å². The number of amides is 2. The predicted octanol–water partition coefficient (Wildman–Crippen LogP) is 2.25. The van der Waals surface area contributed by atoms with Gasteiger partial charge in [0.15, 0.2) is 0 Å². The van der Waals surface area contributed by atoms with E-state index < -0.39 is 11.8 Å². The van der Waals surface area contributed by atoms with Gasteiger partial charge in [0.2, 0.25) is 0 Å². The van der Waals surface area contributed by atoms with Crippen molar-refractivity contribution in [2.45, 2.75) is 0 Å². The van der Waals surface area contributed by atoms with Crippen LogP contribution >= 0.6 is 11.6 Å². The molecular weight excluding hydrogens is 235 g/mol. The van der Waals surface area contributed by atoms with E-state index in [1.807, 2.05) is 0 Å². The zero-order valence-corrected chi connectivity index (χ0v) is 9.47. The van der Waals surface area contributed by atoms with Crippen LogP contribution < -0.4 is 10.6 Å². The minimum Gasteiger partial charge on any atom is -0.383 e. The molecule has 0 atom stereocenters. The third-order valence-corrected chi connectivity index (χ3v) is 2.08. The summed E-state index contributed by atoms with van der Waals surface area (Å²) in [6.45, 7) is 0.806. The van der Waals surface area contributed by atoms with Crippen LogP contribution in [0, 0.1) is 5.82 Å². The van der Waals surface area contributed by atoms with Crippen LogP contribution in [-0.4, -0.2) is 26.3 Å². The Morgan fingerprint density at radius 1 is 1.56 bits per heavy atom. The van der Waals surface area contributed by atoms with Gasteiger partial charge in [0.1, 0.15) is 5.82 Å². The molecule has 4 nitrogen and oxygen atoms in total. The lowest BCUT2D eigenvalue weighted by molar-refractivity contribution is 0.198. The van der Waals surface area contributed by atoms with E-state index in [4.69, 9.17) is 16.3 Å². The molecule has 88 valence electrons. The molecule has 0 spiro atoms. The number of methoxy groups -OCH3 is 1. The van der Waals surface area contributed by atoms with E-state index in [-0.39, 0.29) is 5.02 Å². The lowest BCUT2D eigenvalue weighted by atomic mass is 10.3. The number of hydrogen-bond donors (Lipinski definition) is 2. The highest BCUT2D eigenvalue weighted by Gasteiger charge is 2.04. The minimum absolute atomic E-state index is 0.0188. The van der Waals surface area contributed by atoms with Crippen molar-refractivity contribution in [2.24, 2.45) is 0 Å². The molecule has 0 unspecified atom stereocenters. The first-order valence-corrected chi connectivity index (χ1v) is 5.00. The van der Waals surface area contributed by atoms with Crippen LogP contribution in [-0.2, 0) is 4.74 Å². The van der Waals surface area contributed by atoms with Crippen molar-refractivity contribution in [3.8, 4) is 0 Å². The second-order valence-electron chi connectivity index (χ2n) is 3.00. The van der Waals surface area contributed by atoms with Crippen molar-refractivity contribution in [3.05, 3.63) is 29.0 Å². The standard InChI is InChI=1S/C10H12ClFN2O2/c1-16-5-4-13-10(15)14-7-2-3-8(11)9(12)6-7/h2-3,6H,4-5H2,1H3,(H2,13,14,15). The number of anilines is 1. The third kappa shape index (κ3) is 4.04. The summed E-state index contributed by atoms with van der Waals surface area (Å²) in [4.78, 5) is 11.3. The number of nitrogens with one attached hydrogen (secondary N) is 2. The number of rotatable bonds is 4. The molecule has 0 fully saturated rings. The normalized spacial score (nSPS) is 9.94. The molecule has 0 aliphatic heterocycles. The van der Waals surface area contributed by atoms with E-state index in [1.54, 1.807) is 0 Å². The maximum atomic E-state index is 13.0. The van der Waals surface area contributed by atoms with Crippen molar-refractivity contribution in [2.75, 3.05) is 25.6 Å². The quantitative estimate of drug-likeness (QED) is 0.801. The van der Waals surface area contributed by atoms with Gasteiger partial charge in [-0.05, 0) is 18.2 Å². The van der Waals surface area contributed by atoms with Crippen LogP contribution in [0.2, 0.25) is 5.02 Å². The van der Waals surface area contributed by atoms with Gasteiger partial charge < -0.3 is 15.4 Å². The molecule has 0 saturated heterocycles. The Labute approximate surface area is 97.7 Å². The van der Waals surface area contributed by atoms with Crippen molar-refractivity contribution in [1.29, 1.82) is 0 Å². The van der Waals surface area contributed by atoms with Crippen molar-refractivity contribution in [1.82, 2.24) is 5.32 Å². The Kier molecular flexibility index (Phi) is 5.01. The number of halogens is 2. The molecule has 0 aliphatic rings. The summed E-state index contributed by atoms with van der Waals surface area (Å²) in [5, 5.41) is 5.02. The zero-order valence-electron chi connectivity index (χ0n) is 8.72. The van der Waals surface area contributed by atoms with Gasteiger partial charge in [0.25, 0.3) is 0 Å². The number of benzene rings is 1. The summed E-state index contributed by atoms with van der Waals surface area (Å²) < 4.78 is 17.8. The molecule has 0 aliphatic carbocycles. The summed E-state index contributed by atoms with van der Waals surface area (Å²) in [6, 6.07) is 3.63. The van der Waals surface area contributed by atoms with Crippen molar-refractivity contribution >= 4 is 23.3 Å². The van der Waals surface area contributed by atoms with Crippen molar-refractivity contribution in [3.63, 3.8) is 0 Å². The van der Waals surface area contributed by atoms with Crippen LogP contribution in [0.1, 0.15) is 0 Å². The van der Waals surface area contributed by atoms with Crippen LogP contribution in [0.15, 0.2) is 18.2 Å². The Bertz CT molecular complexity index is 374. The van der Waals surface area contributed by atoms with Gasteiger partial charge in [-0.25, -0.2) is 9.18 Å². The molecule has 0 bridgehead atoms. The molecule has 6 heteroatoms. The first-order valence-electron chi connectivity index (χ1n) is 4.62. The Morgan fingerprint density at radius 2 is 2.31 bits per heavy atom. The number of hydrogen-bond acceptors (Lipinski definition) is 2. The lowest BCUT2D eigenvalue weighted by Gasteiger charge is -2.07. The van der Waals surface area contributed by atoms with Crippen molar-refractivity contribution < 1.29 is 13.9 Å². The molecule has 1 aromatic rings. The summed E-state index contributed by atoms with van der Waals surface area (Å²) in [6.07, 6.45) is 0. The highest BCUT2D eigenvalue weighted by molar-refractivity contribution is 6.30. The molecule has 2 amide bonds. The first kappa shape index (κ1) is 12.7. The van der Waals surface area contributed by atoms with Crippen LogP contribution in [0.25, 0.3) is 0 Å². The summed E-state index contributed by atoms with van der Waals surface area (Å²) >= 11 is 5.50. The summed E-state index contributed by atoms with van der Waals surface area (Å²) in [5.74, 6) is -0.573. The second kappa shape index (κ2) is 6.30. The van der Waals surface area contributed by atoms with E-state index in [0.717, 1.165) is 6.07 Å². The predicted molar refractivity (Wildman–Crippen MR) is 60.3 cm³/mol. The Balaban J connectivity index is 2.46. The molecule has 0 saturated carbocycles. The van der Waals surface area contributed by atoms with Gasteiger partial charge in [-0.15, -0.1) is 0 Å². The fourth-order valence-electron chi connectivity index (χ4n) is 1.02. The van der Waals surface area contributed by atoms with Gasteiger partial charge in [-0.2, -0.15) is 0 Å². The number of ether oxygens (including phenoxy) is 1. The largest absolute Gasteiger partial charge is 0.383 e. The monoisotopic (exact) mass is 246 g/mol. The van der Waals surface area contributed by atoms with E-state index in [9.17, 15) is 9.18 Å².